The minimum Gasteiger partial charge on any atom is -0.494 e. The number of nitrogen functional groups attached to an aromatic ring is 1. The number of aromatic nitrogens is 3. The Morgan fingerprint density at radius 3 is 2.88 bits per heavy atom. The molecule has 2 aromatic heterocycles. The average molecular weight is 230 g/mol. The first-order chi connectivity index (χ1) is 8.24. The second-order valence-electron chi connectivity index (χ2n) is 3.50. The Morgan fingerprint density at radius 2 is 2.18 bits per heavy atom. The molecule has 88 valence electrons. The van der Waals surface area contributed by atoms with E-state index in [0.717, 1.165) is 6.42 Å². The van der Waals surface area contributed by atoms with E-state index in [4.69, 9.17) is 10.5 Å². The van der Waals surface area contributed by atoms with Gasteiger partial charge in [0.25, 0.3) is 0 Å². The van der Waals surface area contributed by atoms with Gasteiger partial charge in [-0.2, -0.15) is 0 Å². The zero-order valence-electron chi connectivity index (χ0n) is 9.84. The van der Waals surface area contributed by atoms with Crippen molar-refractivity contribution in [3.05, 3.63) is 30.2 Å². The Kier molecular flexibility index (Phi) is 3.18. The standard InChI is InChI=1S/C12H14N4O/c1-3-11-15-8(7-10(13)16-11)12-9(17-2)5-4-6-14-12/h4-7H,3H2,1-2H3,(H2,13,15,16). The molecule has 0 unspecified atom stereocenters. The molecule has 17 heavy (non-hydrogen) atoms. The Hall–Kier alpha value is -2.17. The van der Waals surface area contributed by atoms with Crippen LogP contribution >= 0.6 is 0 Å². The molecule has 0 saturated heterocycles. The van der Waals surface area contributed by atoms with E-state index in [1.807, 2.05) is 19.1 Å². The number of pyridine rings is 1. The van der Waals surface area contributed by atoms with E-state index >= 15 is 0 Å². The minimum absolute atomic E-state index is 0.444. The smallest absolute Gasteiger partial charge is 0.146 e. The van der Waals surface area contributed by atoms with Crippen LogP contribution in [0.25, 0.3) is 11.4 Å². The van der Waals surface area contributed by atoms with E-state index in [9.17, 15) is 0 Å². The van der Waals surface area contributed by atoms with Gasteiger partial charge in [-0.3, -0.25) is 4.98 Å². The molecule has 0 aromatic carbocycles. The van der Waals surface area contributed by atoms with Crippen LogP contribution in [0.15, 0.2) is 24.4 Å². The second kappa shape index (κ2) is 4.78. The highest BCUT2D eigenvalue weighted by Crippen LogP contribution is 2.26. The summed E-state index contributed by atoms with van der Waals surface area (Å²) in [5.41, 5.74) is 7.11. The van der Waals surface area contributed by atoms with Crippen LogP contribution in [-0.2, 0) is 6.42 Å². The van der Waals surface area contributed by atoms with Crippen molar-refractivity contribution in [3.8, 4) is 17.1 Å². The van der Waals surface area contributed by atoms with Crippen LogP contribution in [-0.4, -0.2) is 22.1 Å². The molecule has 0 spiro atoms. The van der Waals surface area contributed by atoms with Crippen molar-refractivity contribution >= 4 is 5.82 Å². The summed E-state index contributed by atoms with van der Waals surface area (Å²) in [6.45, 7) is 1.98. The number of ether oxygens (including phenoxy) is 1. The van der Waals surface area contributed by atoms with Gasteiger partial charge in [0.1, 0.15) is 23.1 Å². The van der Waals surface area contributed by atoms with Crippen molar-refractivity contribution in [1.29, 1.82) is 0 Å². The van der Waals surface area contributed by atoms with Gasteiger partial charge in [0, 0.05) is 18.7 Å². The van der Waals surface area contributed by atoms with Gasteiger partial charge in [-0.15, -0.1) is 0 Å². The fourth-order valence-corrected chi connectivity index (χ4v) is 1.54. The third-order valence-corrected chi connectivity index (χ3v) is 2.34. The van der Waals surface area contributed by atoms with Crippen molar-refractivity contribution in [1.82, 2.24) is 15.0 Å². The summed E-state index contributed by atoms with van der Waals surface area (Å²) in [5, 5.41) is 0. The van der Waals surface area contributed by atoms with E-state index in [1.54, 1.807) is 19.4 Å². The lowest BCUT2D eigenvalue weighted by molar-refractivity contribution is 0.414. The van der Waals surface area contributed by atoms with Crippen LogP contribution in [0.2, 0.25) is 0 Å². The van der Waals surface area contributed by atoms with Gasteiger partial charge in [-0.05, 0) is 12.1 Å². The molecule has 0 atom stereocenters. The third kappa shape index (κ3) is 2.33. The van der Waals surface area contributed by atoms with Crippen LogP contribution in [0.3, 0.4) is 0 Å². The number of methoxy groups -OCH3 is 1. The highest BCUT2D eigenvalue weighted by molar-refractivity contribution is 5.64. The molecule has 0 aliphatic rings. The summed E-state index contributed by atoms with van der Waals surface area (Å²) in [6.07, 6.45) is 2.43. The lowest BCUT2D eigenvalue weighted by atomic mass is 10.2. The predicted octanol–water partition coefficient (Wildman–Crippen LogP) is 1.69. The Balaban J connectivity index is 2.55. The maximum absolute atomic E-state index is 5.74. The molecule has 0 saturated carbocycles. The van der Waals surface area contributed by atoms with Gasteiger partial charge in [0.05, 0.1) is 12.8 Å². The molecular weight excluding hydrogens is 216 g/mol. The topological polar surface area (TPSA) is 73.9 Å². The van der Waals surface area contributed by atoms with Crippen molar-refractivity contribution in [3.63, 3.8) is 0 Å². The largest absolute Gasteiger partial charge is 0.494 e. The molecular formula is C12H14N4O. The highest BCUT2D eigenvalue weighted by Gasteiger charge is 2.10. The Bertz CT molecular complexity index is 528. The lowest BCUT2D eigenvalue weighted by Gasteiger charge is -2.07. The summed E-state index contributed by atoms with van der Waals surface area (Å²) in [4.78, 5) is 12.8. The van der Waals surface area contributed by atoms with E-state index in [2.05, 4.69) is 15.0 Å². The molecule has 5 nitrogen and oxygen atoms in total. The van der Waals surface area contributed by atoms with Gasteiger partial charge in [0.15, 0.2) is 0 Å². The van der Waals surface area contributed by atoms with Gasteiger partial charge in [0.2, 0.25) is 0 Å². The highest BCUT2D eigenvalue weighted by atomic mass is 16.5. The SMILES string of the molecule is CCc1nc(N)cc(-c2ncccc2OC)n1. The second-order valence-corrected chi connectivity index (χ2v) is 3.50. The summed E-state index contributed by atoms with van der Waals surface area (Å²) in [5.74, 6) is 1.82. The number of nitrogens with two attached hydrogens (primary N) is 1. The van der Waals surface area contributed by atoms with Crippen molar-refractivity contribution in [2.45, 2.75) is 13.3 Å². The van der Waals surface area contributed by atoms with Crippen LogP contribution in [0.4, 0.5) is 5.82 Å². The molecule has 0 amide bonds. The zero-order valence-corrected chi connectivity index (χ0v) is 9.84. The summed E-state index contributed by atoms with van der Waals surface area (Å²) >= 11 is 0. The Labute approximate surface area is 99.7 Å². The maximum Gasteiger partial charge on any atom is 0.146 e. The number of rotatable bonds is 3. The first-order valence-corrected chi connectivity index (χ1v) is 5.37. The molecule has 0 aliphatic carbocycles. The number of hydrogen-bond donors (Lipinski definition) is 1. The fourth-order valence-electron chi connectivity index (χ4n) is 1.54. The monoisotopic (exact) mass is 230 g/mol. The number of hydrogen-bond acceptors (Lipinski definition) is 5. The molecule has 5 heteroatoms. The van der Waals surface area contributed by atoms with Gasteiger partial charge in [-0.25, -0.2) is 9.97 Å². The van der Waals surface area contributed by atoms with E-state index in [-0.39, 0.29) is 0 Å². The van der Waals surface area contributed by atoms with Gasteiger partial charge >= 0.3 is 0 Å². The maximum atomic E-state index is 5.74. The van der Waals surface area contributed by atoms with Crippen LogP contribution < -0.4 is 10.5 Å². The molecule has 2 heterocycles. The van der Waals surface area contributed by atoms with Crippen LogP contribution in [0.1, 0.15) is 12.7 Å². The molecule has 0 aliphatic heterocycles. The Morgan fingerprint density at radius 1 is 1.35 bits per heavy atom. The first kappa shape index (κ1) is 11.3. The molecule has 2 rings (SSSR count). The number of anilines is 1. The van der Waals surface area contributed by atoms with Crippen LogP contribution in [0, 0.1) is 0 Å². The molecule has 0 radical (unpaired) electrons. The molecule has 0 bridgehead atoms. The first-order valence-electron chi connectivity index (χ1n) is 5.37. The predicted molar refractivity (Wildman–Crippen MR) is 65.6 cm³/mol. The van der Waals surface area contributed by atoms with E-state index in [0.29, 0.717) is 28.8 Å². The lowest BCUT2D eigenvalue weighted by Crippen LogP contribution is -2.01. The van der Waals surface area contributed by atoms with E-state index < -0.39 is 0 Å². The van der Waals surface area contributed by atoms with Crippen molar-refractivity contribution in [2.75, 3.05) is 12.8 Å². The van der Waals surface area contributed by atoms with Crippen LogP contribution in [0.5, 0.6) is 5.75 Å². The number of aryl methyl sites for hydroxylation is 1. The van der Waals surface area contributed by atoms with Crippen molar-refractivity contribution in [2.24, 2.45) is 0 Å². The minimum atomic E-state index is 0.444. The molecule has 2 N–H and O–H groups in total. The molecule has 2 aromatic rings. The summed E-state index contributed by atoms with van der Waals surface area (Å²) < 4.78 is 5.25. The average Bonchev–Trinajstić information content (AvgIpc) is 2.37. The zero-order chi connectivity index (χ0) is 12.3. The number of nitrogens with zero attached hydrogens (tertiary/aromatic N) is 3. The van der Waals surface area contributed by atoms with E-state index in [1.165, 1.54) is 0 Å². The van der Waals surface area contributed by atoms with Crippen molar-refractivity contribution < 1.29 is 4.74 Å². The quantitative estimate of drug-likeness (QED) is 0.868. The van der Waals surface area contributed by atoms with Gasteiger partial charge < -0.3 is 10.5 Å². The fraction of sp³-hybridized carbons (Fsp3) is 0.250. The molecule has 0 fully saturated rings. The third-order valence-electron chi connectivity index (χ3n) is 2.34. The van der Waals surface area contributed by atoms with Gasteiger partial charge in [-0.1, -0.05) is 6.92 Å². The summed E-state index contributed by atoms with van der Waals surface area (Å²) in [6, 6.07) is 5.35. The normalized spacial score (nSPS) is 10.2. The summed E-state index contributed by atoms with van der Waals surface area (Å²) in [7, 11) is 1.60.